The van der Waals surface area contributed by atoms with Crippen LogP contribution >= 0.6 is 0 Å². The van der Waals surface area contributed by atoms with E-state index in [1.54, 1.807) is 37.3 Å². The molecule has 188 valence electrons. The SMILES string of the molecule is C[C@H](CO)N1C[C@H](C)[C@@H](CN(C)Cc2ccc(F)cc2)Oc2cc(C#CC3CC3)ccc2S1(=O)=O. The molecule has 1 saturated carbocycles. The Hall–Kier alpha value is -2.44. The van der Waals surface area contributed by atoms with E-state index in [0.29, 0.717) is 19.0 Å². The Labute approximate surface area is 207 Å². The van der Waals surface area contributed by atoms with Crippen LogP contribution in [0.15, 0.2) is 47.4 Å². The van der Waals surface area contributed by atoms with Gasteiger partial charge in [0.2, 0.25) is 10.0 Å². The Morgan fingerprint density at radius 3 is 2.60 bits per heavy atom. The number of rotatable bonds is 6. The molecular formula is C27H33FN2O4S. The van der Waals surface area contributed by atoms with Gasteiger partial charge in [0.15, 0.2) is 0 Å². The van der Waals surface area contributed by atoms with Crippen molar-refractivity contribution in [2.24, 2.45) is 11.8 Å². The molecule has 2 aromatic rings. The molecule has 1 aliphatic heterocycles. The van der Waals surface area contributed by atoms with Crippen LogP contribution in [0.5, 0.6) is 5.75 Å². The first-order valence-electron chi connectivity index (χ1n) is 12.1. The van der Waals surface area contributed by atoms with Crippen LogP contribution in [0.4, 0.5) is 4.39 Å². The van der Waals surface area contributed by atoms with Crippen molar-refractivity contribution in [3.63, 3.8) is 0 Å². The van der Waals surface area contributed by atoms with Gasteiger partial charge in [0.1, 0.15) is 22.6 Å². The van der Waals surface area contributed by atoms with E-state index in [2.05, 4.69) is 16.7 Å². The van der Waals surface area contributed by atoms with Crippen LogP contribution in [-0.2, 0) is 16.6 Å². The molecule has 1 N–H and O–H groups in total. The molecule has 2 aromatic carbocycles. The van der Waals surface area contributed by atoms with Crippen LogP contribution in [0.25, 0.3) is 0 Å². The number of fused-ring (bicyclic) bond motifs is 1. The molecule has 0 saturated heterocycles. The van der Waals surface area contributed by atoms with Crippen LogP contribution in [-0.4, -0.2) is 61.6 Å². The number of likely N-dealkylation sites (N-methyl/N-ethyl adjacent to an activating group) is 1. The second-order valence-corrected chi connectivity index (χ2v) is 11.6. The summed E-state index contributed by atoms with van der Waals surface area (Å²) in [4.78, 5) is 2.17. The normalized spacial score (nSPS) is 22.8. The van der Waals surface area contributed by atoms with E-state index in [-0.39, 0.29) is 41.6 Å². The van der Waals surface area contributed by atoms with Gasteiger partial charge in [-0.15, -0.1) is 0 Å². The monoisotopic (exact) mass is 500 g/mol. The fourth-order valence-corrected chi connectivity index (χ4v) is 6.03. The van der Waals surface area contributed by atoms with E-state index in [0.717, 1.165) is 24.0 Å². The van der Waals surface area contributed by atoms with Crippen molar-refractivity contribution in [1.82, 2.24) is 9.21 Å². The lowest BCUT2D eigenvalue weighted by Gasteiger charge is -2.37. The predicted octanol–water partition coefficient (Wildman–Crippen LogP) is 3.49. The van der Waals surface area contributed by atoms with E-state index in [4.69, 9.17) is 4.74 Å². The minimum atomic E-state index is -3.88. The molecular weight excluding hydrogens is 467 g/mol. The highest BCUT2D eigenvalue weighted by atomic mass is 32.2. The van der Waals surface area contributed by atoms with Gasteiger partial charge in [-0.3, -0.25) is 4.90 Å². The van der Waals surface area contributed by atoms with Crippen molar-refractivity contribution in [3.8, 4) is 17.6 Å². The van der Waals surface area contributed by atoms with Gasteiger partial charge in [-0.25, -0.2) is 12.8 Å². The Balaban J connectivity index is 1.65. The van der Waals surface area contributed by atoms with E-state index >= 15 is 0 Å². The molecule has 2 aliphatic rings. The molecule has 8 heteroatoms. The largest absolute Gasteiger partial charge is 0.487 e. The topological polar surface area (TPSA) is 70.1 Å². The summed E-state index contributed by atoms with van der Waals surface area (Å²) in [5, 5.41) is 9.79. The van der Waals surface area contributed by atoms with Gasteiger partial charge in [0, 0.05) is 43.1 Å². The number of hydrogen-bond donors (Lipinski definition) is 1. The predicted molar refractivity (Wildman–Crippen MR) is 133 cm³/mol. The Morgan fingerprint density at radius 1 is 1.23 bits per heavy atom. The van der Waals surface area contributed by atoms with Crippen molar-refractivity contribution in [2.75, 3.05) is 26.7 Å². The quantitative estimate of drug-likeness (QED) is 0.615. The second kappa shape index (κ2) is 10.7. The van der Waals surface area contributed by atoms with Crippen LogP contribution in [0.3, 0.4) is 0 Å². The molecule has 0 amide bonds. The number of halogens is 1. The lowest BCUT2D eigenvalue weighted by atomic mass is 10.0. The number of nitrogens with zero attached hydrogens (tertiary/aromatic N) is 2. The molecule has 0 spiro atoms. The zero-order valence-corrected chi connectivity index (χ0v) is 21.3. The van der Waals surface area contributed by atoms with Gasteiger partial charge >= 0.3 is 0 Å². The maximum absolute atomic E-state index is 13.6. The Morgan fingerprint density at radius 2 is 1.94 bits per heavy atom. The molecule has 3 atom stereocenters. The number of sulfonamides is 1. The first-order valence-corrected chi connectivity index (χ1v) is 13.5. The smallest absolute Gasteiger partial charge is 0.247 e. The number of hydrogen-bond acceptors (Lipinski definition) is 5. The first kappa shape index (κ1) is 25.6. The summed E-state index contributed by atoms with van der Waals surface area (Å²) >= 11 is 0. The fraction of sp³-hybridized carbons (Fsp3) is 0.481. The molecule has 1 fully saturated rings. The highest BCUT2D eigenvalue weighted by Crippen LogP contribution is 2.34. The summed E-state index contributed by atoms with van der Waals surface area (Å²) in [7, 11) is -1.92. The molecule has 6 nitrogen and oxygen atoms in total. The summed E-state index contributed by atoms with van der Waals surface area (Å²) in [6, 6.07) is 10.8. The summed E-state index contributed by atoms with van der Waals surface area (Å²) in [5.41, 5.74) is 1.70. The molecule has 0 unspecified atom stereocenters. The van der Waals surface area contributed by atoms with Crippen LogP contribution in [0, 0.1) is 29.5 Å². The zero-order valence-electron chi connectivity index (χ0n) is 20.4. The van der Waals surface area contributed by atoms with E-state index < -0.39 is 16.1 Å². The minimum Gasteiger partial charge on any atom is -0.487 e. The maximum atomic E-state index is 13.6. The van der Waals surface area contributed by atoms with Crippen molar-refractivity contribution in [1.29, 1.82) is 0 Å². The van der Waals surface area contributed by atoms with Gasteiger partial charge in [0.05, 0.1) is 6.61 Å². The molecule has 0 radical (unpaired) electrons. The first-order chi connectivity index (χ1) is 16.7. The van der Waals surface area contributed by atoms with Gasteiger partial charge in [-0.2, -0.15) is 4.31 Å². The molecule has 0 bridgehead atoms. The lowest BCUT2D eigenvalue weighted by Crippen LogP contribution is -2.49. The number of aliphatic hydroxyl groups excluding tert-OH is 1. The van der Waals surface area contributed by atoms with Crippen molar-refractivity contribution in [2.45, 2.75) is 50.3 Å². The Kier molecular flexibility index (Phi) is 7.82. The minimum absolute atomic E-state index is 0.0906. The lowest BCUT2D eigenvalue weighted by molar-refractivity contribution is 0.0733. The number of ether oxygens (including phenoxy) is 1. The molecule has 4 rings (SSSR count). The third kappa shape index (κ3) is 6.22. The van der Waals surface area contributed by atoms with Gasteiger partial charge < -0.3 is 9.84 Å². The molecule has 1 heterocycles. The van der Waals surface area contributed by atoms with Crippen molar-refractivity contribution < 1.29 is 22.7 Å². The highest BCUT2D eigenvalue weighted by molar-refractivity contribution is 7.89. The number of aliphatic hydroxyl groups is 1. The molecule has 0 aromatic heterocycles. The van der Waals surface area contributed by atoms with Crippen LogP contribution in [0.2, 0.25) is 0 Å². The van der Waals surface area contributed by atoms with Crippen LogP contribution < -0.4 is 4.74 Å². The van der Waals surface area contributed by atoms with E-state index in [9.17, 15) is 17.9 Å². The van der Waals surface area contributed by atoms with Gasteiger partial charge in [-0.05, 0) is 62.7 Å². The van der Waals surface area contributed by atoms with Crippen LogP contribution in [0.1, 0.15) is 37.8 Å². The summed E-state index contributed by atoms with van der Waals surface area (Å²) < 4.78 is 48.2. The maximum Gasteiger partial charge on any atom is 0.247 e. The van der Waals surface area contributed by atoms with E-state index in [1.807, 2.05) is 14.0 Å². The summed E-state index contributed by atoms with van der Waals surface area (Å²) in [6.45, 7) is 4.76. The van der Waals surface area contributed by atoms with Gasteiger partial charge in [0.25, 0.3) is 0 Å². The van der Waals surface area contributed by atoms with Gasteiger partial charge in [-0.1, -0.05) is 30.9 Å². The van der Waals surface area contributed by atoms with Crippen molar-refractivity contribution in [3.05, 3.63) is 59.4 Å². The molecule has 1 aliphatic carbocycles. The third-order valence-corrected chi connectivity index (χ3v) is 8.54. The average Bonchev–Trinajstić information content (AvgIpc) is 3.65. The highest BCUT2D eigenvalue weighted by Gasteiger charge is 2.38. The Bertz CT molecular complexity index is 1200. The third-order valence-electron chi connectivity index (χ3n) is 6.52. The fourth-order valence-electron chi connectivity index (χ4n) is 4.21. The standard InChI is InChI=1S/C27H33FN2O4S/c1-19-15-30(20(2)18-31)35(32,33)27-13-10-22(7-6-21-4-5-21)14-25(27)34-26(19)17-29(3)16-23-8-11-24(28)12-9-23/h8-14,19-21,26,31H,4-5,15-18H2,1-3H3/t19-,20+,26+/m0/s1. The van der Waals surface area contributed by atoms with E-state index in [1.165, 1.54) is 16.4 Å². The summed E-state index contributed by atoms with van der Waals surface area (Å²) in [6.07, 6.45) is 1.91. The van der Waals surface area contributed by atoms with Crippen molar-refractivity contribution >= 4 is 10.0 Å². The number of benzene rings is 2. The summed E-state index contributed by atoms with van der Waals surface area (Å²) in [5.74, 6) is 6.65. The molecule has 35 heavy (non-hydrogen) atoms. The average molecular weight is 501 g/mol. The second-order valence-electron chi connectivity index (χ2n) is 9.77. The zero-order chi connectivity index (χ0) is 25.2.